The third kappa shape index (κ3) is 3.22. The van der Waals surface area contributed by atoms with Crippen LogP contribution in [0.15, 0.2) is 12.1 Å². The standard InChI is InChI=1S/C17H28N2O/c1-11-6-12(2)17(13(3)7-11)16(8-18)19-9-14(4)20-15(5)10-19/h6-7,14-16H,8-10,18H2,1-5H3. The maximum absolute atomic E-state index is 6.12. The van der Waals surface area contributed by atoms with Gasteiger partial charge in [-0.3, -0.25) is 4.90 Å². The fourth-order valence-electron chi connectivity index (χ4n) is 3.64. The van der Waals surface area contributed by atoms with E-state index < -0.39 is 0 Å². The van der Waals surface area contributed by atoms with E-state index in [2.05, 4.69) is 51.7 Å². The molecule has 3 nitrogen and oxygen atoms in total. The lowest BCUT2D eigenvalue weighted by Gasteiger charge is -2.41. The van der Waals surface area contributed by atoms with Crippen LogP contribution in [0.5, 0.6) is 0 Å². The van der Waals surface area contributed by atoms with Gasteiger partial charge in [-0.1, -0.05) is 17.7 Å². The Hall–Kier alpha value is -0.900. The number of rotatable bonds is 3. The molecule has 0 aromatic heterocycles. The molecule has 0 radical (unpaired) electrons. The SMILES string of the molecule is Cc1cc(C)c(C(CN)N2CC(C)OC(C)C2)c(C)c1. The second-order valence-electron chi connectivity index (χ2n) is 6.28. The van der Waals surface area contributed by atoms with Crippen molar-refractivity contribution < 1.29 is 4.74 Å². The summed E-state index contributed by atoms with van der Waals surface area (Å²) in [6.07, 6.45) is 0.553. The first-order valence-electron chi connectivity index (χ1n) is 7.59. The van der Waals surface area contributed by atoms with E-state index in [0.29, 0.717) is 12.6 Å². The van der Waals surface area contributed by atoms with E-state index in [9.17, 15) is 0 Å². The zero-order chi connectivity index (χ0) is 14.9. The Labute approximate surface area is 123 Å². The summed E-state index contributed by atoms with van der Waals surface area (Å²) >= 11 is 0. The van der Waals surface area contributed by atoms with Crippen LogP contribution >= 0.6 is 0 Å². The highest BCUT2D eigenvalue weighted by atomic mass is 16.5. The van der Waals surface area contributed by atoms with Crippen molar-refractivity contribution in [1.29, 1.82) is 0 Å². The minimum absolute atomic E-state index is 0.277. The van der Waals surface area contributed by atoms with E-state index in [-0.39, 0.29) is 12.2 Å². The fourth-order valence-corrected chi connectivity index (χ4v) is 3.64. The van der Waals surface area contributed by atoms with Crippen LogP contribution in [0.2, 0.25) is 0 Å². The van der Waals surface area contributed by atoms with Crippen molar-refractivity contribution in [2.24, 2.45) is 5.73 Å². The van der Waals surface area contributed by atoms with Crippen LogP contribution in [-0.4, -0.2) is 36.7 Å². The van der Waals surface area contributed by atoms with Crippen LogP contribution < -0.4 is 5.73 Å². The van der Waals surface area contributed by atoms with Crippen LogP contribution in [0.3, 0.4) is 0 Å². The lowest BCUT2D eigenvalue weighted by Crippen LogP contribution is -2.48. The molecule has 2 rings (SSSR count). The van der Waals surface area contributed by atoms with Crippen LogP contribution in [0.1, 0.15) is 42.1 Å². The number of nitrogens with zero attached hydrogens (tertiary/aromatic N) is 1. The van der Waals surface area contributed by atoms with Crippen molar-refractivity contribution in [2.75, 3.05) is 19.6 Å². The lowest BCUT2D eigenvalue weighted by atomic mass is 9.92. The Morgan fingerprint density at radius 2 is 1.65 bits per heavy atom. The Morgan fingerprint density at radius 3 is 2.10 bits per heavy atom. The Bertz CT molecular complexity index is 439. The van der Waals surface area contributed by atoms with Gasteiger partial charge in [0.2, 0.25) is 0 Å². The number of aryl methyl sites for hydroxylation is 3. The summed E-state index contributed by atoms with van der Waals surface area (Å²) in [6.45, 7) is 13.4. The molecule has 1 aliphatic heterocycles. The van der Waals surface area contributed by atoms with Crippen molar-refractivity contribution in [3.8, 4) is 0 Å². The summed E-state index contributed by atoms with van der Waals surface area (Å²) in [5.74, 6) is 0. The van der Waals surface area contributed by atoms with Crippen LogP contribution in [0, 0.1) is 20.8 Å². The minimum Gasteiger partial charge on any atom is -0.373 e. The van der Waals surface area contributed by atoms with E-state index in [4.69, 9.17) is 10.5 Å². The fraction of sp³-hybridized carbons (Fsp3) is 0.647. The zero-order valence-corrected chi connectivity index (χ0v) is 13.4. The molecule has 3 unspecified atom stereocenters. The summed E-state index contributed by atoms with van der Waals surface area (Å²) in [5, 5.41) is 0. The quantitative estimate of drug-likeness (QED) is 0.922. The van der Waals surface area contributed by atoms with Gasteiger partial charge in [0, 0.05) is 25.7 Å². The van der Waals surface area contributed by atoms with Gasteiger partial charge in [0.25, 0.3) is 0 Å². The van der Waals surface area contributed by atoms with E-state index in [1.165, 1.54) is 22.3 Å². The van der Waals surface area contributed by atoms with E-state index in [0.717, 1.165) is 13.1 Å². The van der Waals surface area contributed by atoms with Gasteiger partial charge in [0.1, 0.15) is 0 Å². The molecular weight excluding hydrogens is 248 g/mol. The molecule has 0 bridgehead atoms. The summed E-state index contributed by atoms with van der Waals surface area (Å²) in [5.41, 5.74) is 11.5. The molecule has 1 aromatic rings. The van der Waals surface area contributed by atoms with Gasteiger partial charge in [0.05, 0.1) is 12.2 Å². The molecule has 3 heteroatoms. The molecule has 1 saturated heterocycles. The molecule has 0 spiro atoms. The van der Waals surface area contributed by atoms with Crippen LogP contribution in [-0.2, 0) is 4.74 Å². The number of hydrogen-bond acceptors (Lipinski definition) is 3. The Morgan fingerprint density at radius 1 is 1.15 bits per heavy atom. The minimum atomic E-state index is 0.277. The van der Waals surface area contributed by atoms with Crippen molar-refractivity contribution in [1.82, 2.24) is 4.90 Å². The van der Waals surface area contributed by atoms with Crippen molar-refractivity contribution >= 4 is 0 Å². The van der Waals surface area contributed by atoms with Gasteiger partial charge >= 0.3 is 0 Å². The number of ether oxygens (including phenoxy) is 1. The molecule has 1 fully saturated rings. The molecule has 1 aromatic carbocycles. The molecule has 1 heterocycles. The highest BCUT2D eigenvalue weighted by Gasteiger charge is 2.29. The van der Waals surface area contributed by atoms with Gasteiger partial charge in [-0.25, -0.2) is 0 Å². The number of morpholine rings is 1. The van der Waals surface area contributed by atoms with Gasteiger partial charge in [-0.2, -0.15) is 0 Å². The monoisotopic (exact) mass is 276 g/mol. The van der Waals surface area contributed by atoms with E-state index in [1.807, 2.05) is 0 Å². The molecule has 20 heavy (non-hydrogen) atoms. The average molecular weight is 276 g/mol. The van der Waals surface area contributed by atoms with Crippen molar-refractivity contribution in [2.45, 2.75) is 52.9 Å². The molecule has 2 N–H and O–H groups in total. The van der Waals surface area contributed by atoms with Crippen molar-refractivity contribution in [3.05, 3.63) is 34.4 Å². The maximum Gasteiger partial charge on any atom is 0.0678 e. The average Bonchev–Trinajstić information content (AvgIpc) is 2.32. The predicted molar refractivity (Wildman–Crippen MR) is 84.0 cm³/mol. The topological polar surface area (TPSA) is 38.5 Å². The Balaban J connectivity index is 2.33. The Kier molecular flexibility index (Phi) is 4.84. The molecule has 0 aliphatic carbocycles. The molecule has 0 amide bonds. The summed E-state index contributed by atoms with van der Waals surface area (Å²) < 4.78 is 5.84. The lowest BCUT2D eigenvalue weighted by molar-refractivity contribution is -0.0800. The smallest absolute Gasteiger partial charge is 0.0678 e. The van der Waals surface area contributed by atoms with E-state index >= 15 is 0 Å². The first kappa shape index (κ1) is 15.5. The first-order chi connectivity index (χ1) is 9.42. The summed E-state index contributed by atoms with van der Waals surface area (Å²) in [7, 11) is 0. The zero-order valence-electron chi connectivity index (χ0n) is 13.4. The van der Waals surface area contributed by atoms with Gasteiger partial charge in [-0.15, -0.1) is 0 Å². The third-order valence-electron chi connectivity index (χ3n) is 4.18. The number of benzene rings is 1. The largest absolute Gasteiger partial charge is 0.373 e. The third-order valence-corrected chi connectivity index (χ3v) is 4.18. The van der Waals surface area contributed by atoms with Gasteiger partial charge in [0.15, 0.2) is 0 Å². The van der Waals surface area contributed by atoms with Crippen molar-refractivity contribution in [3.63, 3.8) is 0 Å². The number of hydrogen-bond donors (Lipinski definition) is 1. The van der Waals surface area contributed by atoms with Crippen LogP contribution in [0.4, 0.5) is 0 Å². The molecule has 0 saturated carbocycles. The van der Waals surface area contributed by atoms with Gasteiger partial charge < -0.3 is 10.5 Å². The van der Waals surface area contributed by atoms with E-state index in [1.54, 1.807) is 0 Å². The molecular formula is C17H28N2O. The molecule has 1 aliphatic rings. The summed E-state index contributed by atoms with van der Waals surface area (Å²) in [4.78, 5) is 2.49. The maximum atomic E-state index is 6.12. The molecule has 112 valence electrons. The normalized spacial score (nSPS) is 25.7. The van der Waals surface area contributed by atoms with Gasteiger partial charge in [-0.05, 0) is 51.3 Å². The second kappa shape index (κ2) is 6.25. The highest BCUT2D eigenvalue weighted by molar-refractivity contribution is 5.40. The first-order valence-corrected chi connectivity index (χ1v) is 7.59. The second-order valence-corrected chi connectivity index (χ2v) is 6.28. The molecule has 3 atom stereocenters. The highest BCUT2D eigenvalue weighted by Crippen LogP contribution is 2.29. The number of nitrogens with two attached hydrogens (primary N) is 1. The predicted octanol–water partition coefficient (Wildman–Crippen LogP) is 2.72. The van der Waals surface area contributed by atoms with Crippen LogP contribution in [0.25, 0.3) is 0 Å². The summed E-state index contributed by atoms with van der Waals surface area (Å²) in [6, 6.07) is 4.82.